The highest BCUT2D eigenvalue weighted by molar-refractivity contribution is 7.07. The van der Waals surface area contributed by atoms with E-state index in [4.69, 9.17) is 4.74 Å². The number of nitrogens with one attached hydrogen (secondary N) is 1. The van der Waals surface area contributed by atoms with E-state index in [2.05, 4.69) is 57.8 Å². The molecule has 0 spiro atoms. The van der Waals surface area contributed by atoms with E-state index in [0.717, 1.165) is 51.8 Å². The fraction of sp³-hybridized carbons (Fsp3) is 0.722. The van der Waals surface area contributed by atoms with Crippen molar-refractivity contribution in [3.63, 3.8) is 0 Å². The first kappa shape index (κ1) is 19.2. The van der Waals surface area contributed by atoms with Crippen LogP contribution in [0.4, 0.5) is 0 Å². The normalized spacial score (nSPS) is 19.7. The van der Waals surface area contributed by atoms with E-state index in [1.54, 1.807) is 11.3 Å². The Morgan fingerprint density at radius 3 is 2.79 bits per heavy atom. The van der Waals surface area contributed by atoms with Gasteiger partial charge in [0.15, 0.2) is 5.96 Å². The van der Waals surface area contributed by atoms with Gasteiger partial charge >= 0.3 is 0 Å². The lowest BCUT2D eigenvalue weighted by Gasteiger charge is -2.31. The maximum absolute atomic E-state index is 5.49. The molecule has 1 aliphatic rings. The molecule has 2 heterocycles. The van der Waals surface area contributed by atoms with Crippen LogP contribution in [-0.2, 0) is 4.74 Å². The molecule has 0 aliphatic carbocycles. The first-order valence-corrected chi connectivity index (χ1v) is 9.89. The van der Waals surface area contributed by atoms with Gasteiger partial charge in [-0.2, -0.15) is 11.3 Å². The largest absolute Gasteiger partial charge is 0.381 e. The molecule has 2 atom stereocenters. The van der Waals surface area contributed by atoms with Gasteiger partial charge in [0.2, 0.25) is 0 Å². The molecular weight excluding hydrogens is 320 g/mol. The lowest BCUT2D eigenvalue weighted by atomic mass is 10.1. The van der Waals surface area contributed by atoms with Gasteiger partial charge in [0.1, 0.15) is 0 Å². The summed E-state index contributed by atoms with van der Waals surface area (Å²) in [5.41, 5.74) is 1.39. The molecule has 24 heavy (non-hydrogen) atoms. The molecule has 136 valence electrons. The SMILES string of the molecule is CCN(CC)C(CNC(=NC)N(C)CC1CCOC1)c1ccsc1. The monoisotopic (exact) mass is 352 g/mol. The first-order chi connectivity index (χ1) is 11.7. The molecule has 2 unspecified atom stereocenters. The number of rotatable bonds is 8. The maximum atomic E-state index is 5.49. The summed E-state index contributed by atoms with van der Waals surface area (Å²) in [5, 5.41) is 8.00. The molecule has 6 heteroatoms. The van der Waals surface area contributed by atoms with E-state index >= 15 is 0 Å². The van der Waals surface area contributed by atoms with E-state index in [-0.39, 0.29) is 0 Å². The Hall–Kier alpha value is -1.11. The predicted molar refractivity (Wildman–Crippen MR) is 103 cm³/mol. The number of hydrogen-bond acceptors (Lipinski definition) is 4. The molecule has 0 saturated carbocycles. The Morgan fingerprint density at radius 2 is 2.25 bits per heavy atom. The lowest BCUT2D eigenvalue weighted by Crippen LogP contribution is -2.45. The number of thiophene rings is 1. The van der Waals surface area contributed by atoms with Crippen LogP contribution in [0.3, 0.4) is 0 Å². The molecular formula is C18H32N4OS. The van der Waals surface area contributed by atoms with Crippen LogP contribution >= 0.6 is 11.3 Å². The summed E-state index contributed by atoms with van der Waals surface area (Å²) < 4.78 is 5.49. The quantitative estimate of drug-likeness (QED) is 0.577. The van der Waals surface area contributed by atoms with Gasteiger partial charge in [-0.1, -0.05) is 13.8 Å². The van der Waals surface area contributed by atoms with Crippen molar-refractivity contribution in [2.75, 3.05) is 53.5 Å². The van der Waals surface area contributed by atoms with Crippen molar-refractivity contribution in [1.29, 1.82) is 0 Å². The summed E-state index contributed by atoms with van der Waals surface area (Å²) in [5.74, 6) is 1.58. The summed E-state index contributed by atoms with van der Waals surface area (Å²) >= 11 is 1.76. The van der Waals surface area contributed by atoms with E-state index in [0.29, 0.717) is 12.0 Å². The zero-order valence-corrected chi connectivity index (χ0v) is 16.3. The van der Waals surface area contributed by atoms with Crippen LogP contribution in [-0.4, -0.2) is 69.2 Å². The zero-order chi connectivity index (χ0) is 17.4. The standard InChI is InChI=1S/C18H32N4OS/c1-5-22(6-2)17(16-8-10-24-14-16)11-20-18(19-3)21(4)12-15-7-9-23-13-15/h8,10,14-15,17H,5-7,9,11-13H2,1-4H3,(H,19,20). The van der Waals surface area contributed by atoms with Crippen LogP contribution < -0.4 is 5.32 Å². The van der Waals surface area contributed by atoms with Gasteiger partial charge in [-0.15, -0.1) is 0 Å². The van der Waals surface area contributed by atoms with Gasteiger partial charge in [0.05, 0.1) is 12.6 Å². The van der Waals surface area contributed by atoms with Gasteiger partial charge in [-0.25, -0.2) is 0 Å². The Kier molecular flexibility index (Phi) is 8.02. The minimum atomic E-state index is 0.381. The van der Waals surface area contributed by atoms with Gasteiger partial charge in [-0.3, -0.25) is 9.89 Å². The van der Waals surface area contributed by atoms with Crippen molar-refractivity contribution in [3.8, 4) is 0 Å². The topological polar surface area (TPSA) is 40.1 Å². The number of aliphatic imine (C=N–C) groups is 1. The van der Waals surface area contributed by atoms with Gasteiger partial charge in [-0.05, 0) is 41.9 Å². The Balaban J connectivity index is 1.95. The Labute approximate surface area is 150 Å². The highest BCUT2D eigenvalue weighted by Gasteiger charge is 2.21. The number of guanidine groups is 1. The number of hydrogen-bond donors (Lipinski definition) is 1. The Morgan fingerprint density at radius 1 is 1.46 bits per heavy atom. The predicted octanol–water partition coefficient (Wildman–Crippen LogP) is 2.67. The molecule has 1 aromatic heterocycles. The third kappa shape index (κ3) is 5.19. The summed E-state index contributed by atoms with van der Waals surface area (Å²) in [6.07, 6.45) is 1.15. The van der Waals surface area contributed by atoms with Crippen molar-refractivity contribution in [3.05, 3.63) is 22.4 Å². The van der Waals surface area contributed by atoms with E-state index in [1.807, 2.05) is 7.05 Å². The summed E-state index contributed by atoms with van der Waals surface area (Å²) in [7, 11) is 3.98. The van der Waals surface area contributed by atoms with Crippen LogP contribution in [0.25, 0.3) is 0 Å². The van der Waals surface area contributed by atoms with Crippen LogP contribution in [0.2, 0.25) is 0 Å². The summed E-state index contributed by atoms with van der Waals surface area (Å²) in [6, 6.07) is 2.61. The molecule has 5 nitrogen and oxygen atoms in total. The molecule has 2 rings (SSSR count). The fourth-order valence-electron chi connectivity index (χ4n) is 3.36. The number of nitrogens with zero attached hydrogens (tertiary/aromatic N) is 3. The molecule has 0 radical (unpaired) electrons. The van der Waals surface area contributed by atoms with Crippen LogP contribution in [0.15, 0.2) is 21.8 Å². The third-order valence-corrected chi connectivity index (χ3v) is 5.47. The van der Waals surface area contributed by atoms with Gasteiger partial charge < -0.3 is 15.0 Å². The molecule has 0 bridgehead atoms. The summed E-state index contributed by atoms with van der Waals surface area (Å²) in [6.45, 7) is 10.2. The highest BCUT2D eigenvalue weighted by atomic mass is 32.1. The number of ether oxygens (including phenoxy) is 1. The maximum Gasteiger partial charge on any atom is 0.193 e. The zero-order valence-electron chi connectivity index (χ0n) is 15.5. The van der Waals surface area contributed by atoms with Crippen molar-refractivity contribution in [2.24, 2.45) is 10.9 Å². The van der Waals surface area contributed by atoms with Crippen molar-refractivity contribution in [2.45, 2.75) is 26.3 Å². The second-order valence-electron chi connectivity index (χ2n) is 6.33. The molecule has 1 aromatic rings. The van der Waals surface area contributed by atoms with Crippen molar-refractivity contribution < 1.29 is 4.74 Å². The number of likely N-dealkylation sites (N-methyl/N-ethyl adjacent to an activating group) is 1. The minimum Gasteiger partial charge on any atom is -0.381 e. The van der Waals surface area contributed by atoms with E-state index in [1.165, 1.54) is 5.56 Å². The first-order valence-electron chi connectivity index (χ1n) is 8.95. The minimum absolute atomic E-state index is 0.381. The van der Waals surface area contributed by atoms with Gasteiger partial charge in [0, 0.05) is 39.7 Å². The molecule has 1 saturated heterocycles. The second kappa shape index (κ2) is 10.0. The van der Waals surface area contributed by atoms with Gasteiger partial charge in [0.25, 0.3) is 0 Å². The highest BCUT2D eigenvalue weighted by Crippen LogP contribution is 2.22. The molecule has 0 aromatic carbocycles. The average molecular weight is 353 g/mol. The molecule has 0 amide bonds. The smallest absolute Gasteiger partial charge is 0.193 e. The van der Waals surface area contributed by atoms with Crippen molar-refractivity contribution >= 4 is 17.3 Å². The molecule has 1 aliphatic heterocycles. The van der Waals surface area contributed by atoms with Crippen LogP contribution in [0, 0.1) is 5.92 Å². The fourth-order valence-corrected chi connectivity index (χ4v) is 4.07. The lowest BCUT2D eigenvalue weighted by molar-refractivity contribution is 0.181. The van der Waals surface area contributed by atoms with E-state index in [9.17, 15) is 0 Å². The summed E-state index contributed by atoms with van der Waals surface area (Å²) in [4.78, 5) is 9.19. The third-order valence-electron chi connectivity index (χ3n) is 4.76. The van der Waals surface area contributed by atoms with Crippen molar-refractivity contribution in [1.82, 2.24) is 15.1 Å². The Bertz CT molecular complexity index is 481. The molecule has 1 N–H and O–H groups in total. The average Bonchev–Trinajstić information content (AvgIpc) is 3.28. The van der Waals surface area contributed by atoms with Crippen LogP contribution in [0.5, 0.6) is 0 Å². The van der Waals surface area contributed by atoms with Crippen LogP contribution in [0.1, 0.15) is 31.9 Å². The second-order valence-corrected chi connectivity index (χ2v) is 7.11. The molecule has 1 fully saturated rings. The van der Waals surface area contributed by atoms with E-state index < -0.39 is 0 Å².